The van der Waals surface area contributed by atoms with Crippen LogP contribution < -0.4 is 14.5 Å². The van der Waals surface area contributed by atoms with Gasteiger partial charge in [-0.25, -0.2) is 4.79 Å². The molecule has 0 saturated carbocycles. The molecule has 0 bridgehead atoms. The van der Waals surface area contributed by atoms with Gasteiger partial charge in [-0.3, -0.25) is 4.79 Å². The molecule has 2 aromatic rings. The molecule has 0 aromatic heterocycles. The number of hydrogen-bond acceptors (Lipinski definition) is 4. The van der Waals surface area contributed by atoms with Crippen molar-refractivity contribution in [2.75, 3.05) is 5.32 Å². The smallest absolute Gasteiger partial charge is 0.347 e. The fourth-order valence-electron chi connectivity index (χ4n) is 2.03. The summed E-state index contributed by atoms with van der Waals surface area (Å²) in [6.07, 6.45) is 0. The van der Waals surface area contributed by atoms with Crippen molar-refractivity contribution in [1.82, 2.24) is 0 Å². The molecule has 0 aliphatic heterocycles. The highest BCUT2D eigenvalue weighted by atomic mass is 28.4. The van der Waals surface area contributed by atoms with Gasteiger partial charge >= 0.3 is 5.97 Å². The minimum Gasteiger partial charge on any atom is -0.544 e. The van der Waals surface area contributed by atoms with Crippen LogP contribution in [0.15, 0.2) is 48.5 Å². The molecule has 2 rings (SSSR count). The standard InChI is InChI=1S/C18H21NO4Si/c1-13(20)19-14-9-11-15(12-10-14)22-18(21)16-7-5-6-8-17(16)23-24(2,3)4/h5-12H,1-4H3,(H,19,20). The summed E-state index contributed by atoms with van der Waals surface area (Å²) in [5, 5.41) is 2.66. The van der Waals surface area contributed by atoms with Crippen LogP contribution in [0.5, 0.6) is 11.5 Å². The topological polar surface area (TPSA) is 64.6 Å². The summed E-state index contributed by atoms with van der Waals surface area (Å²) in [5.41, 5.74) is 1.04. The van der Waals surface area contributed by atoms with E-state index in [4.69, 9.17) is 9.16 Å². The molecule has 24 heavy (non-hydrogen) atoms. The molecule has 0 heterocycles. The van der Waals surface area contributed by atoms with Crippen molar-refractivity contribution in [3.8, 4) is 11.5 Å². The van der Waals surface area contributed by atoms with E-state index in [9.17, 15) is 9.59 Å². The Labute approximate surface area is 142 Å². The number of rotatable bonds is 5. The SMILES string of the molecule is CC(=O)Nc1ccc(OC(=O)c2ccccc2O[Si](C)(C)C)cc1. The summed E-state index contributed by atoms with van der Waals surface area (Å²) in [4.78, 5) is 23.4. The van der Waals surface area contributed by atoms with Crippen molar-refractivity contribution in [1.29, 1.82) is 0 Å². The molecule has 0 aliphatic carbocycles. The molecular formula is C18H21NO4Si. The van der Waals surface area contributed by atoms with Gasteiger partial charge < -0.3 is 14.5 Å². The van der Waals surface area contributed by atoms with E-state index in [1.54, 1.807) is 42.5 Å². The summed E-state index contributed by atoms with van der Waals surface area (Å²) < 4.78 is 11.3. The Balaban J connectivity index is 2.14. The van der Waals surface area contributed by atoms with Gasteiger partial charge in [0.2, 0.25) is 14.2 Å². The molecule has 5 nitrogen and oxygen atoms in total. The van der Waals surface area contributed by atoms with Crippen molar-refractivity contribution >= 4 is 25.9 Å². The van der Waals surface area contributed by atoms with Crippen molar-refractivity contribution in [3.05, 3.63) is 54.1 Å². The highest BCUT2D eigenvalue weighted by Gasteiger charge is 2.21. The van der Waals surface area contributed by atoms with Gasteiger partial charge in [0.05, 0.1) is 0 Å². The molecule has 0 spiro atoms. The van der Waals surface area contributed by atoms with Gasteiger partial charge in [-0.2, -0.15) is 0 Å². The van der Waals surface area contributed by atoms with Crippen LogP contribution in [0.4, 0.5) is 5.69 Å². The lowest BCUT2D eigenvalue weighted by Crippen LogP contribution is -2.30. The van der Waals surface area contributed by atoms with Crippen LogP contribution >= 0.6 is 0 Å². The zero-order valence-corrected chi connectivity index (χ0v) is 15.3. The molecule has 6 heteroatoms. The lowest BCUT2D eigenvalue weighted by molar-refractivity contribution is -0.114. The van der Waals surface area contributed by atoms with E-state index < -0.39 is 14.3 Å². The molecule has 0 aliphatic rings. The number of carbonyl (C=O) groups is 2. The Morgan fingerprint density at radius 2 is 1.58 bits per heavy atom. The predicted molar refractivity (Wildman–Crippen MR) is 96.1 cm³/mol. The lowest BCUT2D eigenvalue weighted by Gasteiger charge is -2.21. The first-order chi connectivity index (χ1) is 11.2. The van der Waals surface area contributed by atoms with Gasteiger partial charge in [-0.1, -0.05) is 12.1 Å². The molecule has 0 radical (unpaired) electrons. The number of para-hydroxylation sites is 1. The first-order valence-corrected chi connectivity index (χ1v) is 11.0. The Kier molecular flexibility index (Phi) is 5.41. The van der Waals surface area contributed by atoms with E-state index in [0.717, 1.165) is 0 Å². The first kappa shape index (κ1) is 17.7. The number of nitrogens with one attached hydrogen (secondary N) is 1. The Hall–Kier alpha value is -2.60. The summed E-state index contributed by atoms with van der Waals surface area (Å²) in [5.74, 6) is 0.307. The van der Waals surface area contributed by atoms with Gasteiger partial charge in [-0.05, 0) is 56.0 Å². The maximum Gasteiger partial charge on any atom is 0.347 e. The van der Waals surface area contributed by atoms with E-state index in [1.165, 1.54) is 6.92 Å². The quantitative estimate of drug-likeness (QED) is 0.505. The summed E-state index contributed by atoms with van der Waals surface area (Å²) >= 11 is 0. The summed E-state index contributed by atoms with van der Waals surface area (Å²) in [6.45, 7) is 7.59. The van der Waals surface area contributed by atoms with Gasteiger partial charge in [0.1, 0.15) is 17.1 Å². The Bertz CT molecular complexity index is 735. The fraction of sp³-hybridized carbons (Fsp3) is 0.222. The minimum absolute atomic E-state index is 0.155. The number of ether oxygens (including phenoxy) is 1. The van der Waals surface area contributed by atoms with Gasteiger partial charge in [0.15, 0.2) is 0 Å². The number of benzene rings is 2. The highest BCUT2D eigenvalue weighted by Crippen LogP contribution is 2.24. The van der Waals surface area contributed by atoms with E-state index in [0.29, 0.717) is 22.7 Å². The Morgan fingerprint density at radius 3 is 2.17 bits per heavy atom. The number of esters is 1. The molecule has 0 fully saturated rings. The number of amides is 1. The van der Waals surface area contributed by atoms with Gasteiger partial charge in [0, 0.05) is 12.6 Å². The monoisotopic (exact) mass is 343 g/mol. The molecule has 126 valence electrons. The maximum atomic E-state index is 12.4. The molecule has 2 aromatic carbocycles. The van der Waals surface area contributed by atoms with Crippen LogP contribution in [0, 0.1) is 0 Å². The third-order valence-corrected chi connectivity index (χ3v) is 3.74. The minimum atomic E-state index is -1.84. The highest BCUT2D eigenvalue weighted by molar-refractivity contribution is 6.70. The Morgan fingerprint density at radius 1 is 0.958 bits per heavy atom. The molecular weight excluding hydrogens is 322 g/mol. The van der Waals surface area contributed by atoms with E-state index >= 15 is 0 Å². The molecule has 0 saturated heterocycles. The van der Waals surface area contributed by atoms with Crippen LogP contribution in [0.3, 0.4) is 0 Å². The van der Waals surface area contributed by atoms with E-state index in [2.05, 4.69) is 25.0 Å². The molecule has 0 unspecified atom stereocenters. The average molecular weight is 343 g/mol. The first-order valence-electron chi connectivity index (χ1n) is 7.62. The average Bonchev–Trinajstić information content (AvgIpc) is 2.47. The van der Waals surface area contributed by atoms with Crippen molar-refractivity contribution in [3.63, 3.8) is 0 Å². The zero-order valence-electron chi connectivity index (χ0n) is 14.3. The van der Waals surface area contributed by atoms with Gasteiger partial charge in [0.25, 0.3) is 0 Å². The lowest BCUT2D eigenvalue weighted by atomic mass is 10.2. The fourth-order valence-corrected chi connectivity index (χ4v) is 2.86. The molecule has 1 amide bonds. The molecule has 1 N–H and O–H groups in total. The largest absolute Gasteiger partial charge is 0.544 e. The van der Waals surface area contributed by atoms with Crippen LogP contribution in [0.1, 0.15) is 17.3 Å². The number of carbonyl (C=O) groups excluding carboxylic acids is 2. The van der Waals surface area contributed by atoms with Crippen LogP contribution in [0.2, 0.25) is 19.6 Å². The van der Waals surface area contributed by atoms with Gasteiger partial charge in [-0.15, -0.1) is 0 Å². The van der Waals surface area contributed by atoms with Crippen molar-refractivity contribution in [2.24, 2.45) is 0 Å². The second kappa shape index (κ2) is 7.31. The van der Waals surface area contributed by atoms with Crippen LogP contribution in [-0.2, 0) is 4.79 Å². The second-order valence-corrected chi connectivity index (χ2v) is 10.7. The van der Waals surface area contributed by atoms with E-state index in [1.807, 2.05) is 6.07 Å². The van der Waals surface area contributed by atoms with Crippen molar-refractivity contribution in [2.45, 2.75) is 26.6 Å². The summed E-state index contributed by atoms with van der Waals surface area (Å²) in [6, 6.07) is 13.7. The second-order valence-electron chi connectivity index (χ2n) is 6.31. The third kappa shape index (κ3) is 5.24. The number of hydrogen-bond donors (Lipinski definition) is 1. The zero-order chi connectivity index (χ0) is 17.7. The predicted octanol–water partition coefficient (Wildman–Crippen LogP) is 4.08. The van der Waals surface area contributed by atoms with Crippen molar-refractivity contribution < 1.29 is 18.8 Å². The molecule has 0 atom stereocenters. The maximum absolute atomic E-state index is 12.4. The normalized spacial score (nSPS) is 10.8. The van der Waals surface area contributed by atoms with E-state index in [-0.39, 0.29) is 5.91 Å². The van der Waals surface area contributed by atoms with Crippen LogP contribution in [-0.4, -0.2) is 20.2 Å². The van der Waals surface area contributed by atoms with Crippen LogP contribution in [0.25, 0.3) is 0 Å². The summed E-state index contributed by atoms with van der Waals surface area (Å²) in [7, 11) is -1.84. The number of anilines is 1. The third-order valence-electron chi connectivity index (χ3n) is 2.91.